The van der Waals surface area contributed by atoms with E-state index in [2.05, 4.69) is 19.1 Å². The SMILES string of the molecule is Cc1ccc(OCCOc2cccc(C#N)c2)c(C)c1. The van der Waals surface area contributed by atoms with Gasteiger partial charge in [-0.3, -0.25) is 0 Å². The Bertz CT molecular complexity index is 629. The van der Waals surface area contributed by atoms with Gasteiger partial charge in [-0.25, -0.2) is 0 Å². The molecule has 2 aromatic rings. The lowest BCUT2D eigenvalue weighted by molar-refractivity contribution is 0.216. The van der Waals surface area contributed by atoms with Gasteiger partial charge in [0.05, 0.1) is 11.6 Å². The Labute approximate surface area is 119 Å². The summed E-state index contributed by atoms with van der Waals surface area (Å²) in [4.78, 5) is 0. The first-order chi connectivity index (χ1) is 9.69. The molecule has 0 radical (unpaired) electrons. The molecule has 0 unspecified atom stereocenters. The van der Waals surface area contributed by atoms with Gasteiger partial charge in [0.2, 0.25) is 0 Å². The van der Waals surface area contributed by atoms with Crippen molar-refractivity contribution in [3.63, 3.8) is 0 Å². The molecule has 0 aromatic heterocycles. The third-order valence-corrected chi connectivity index (χ3v) is 2.90. The van der Waals surface area contributed by atoms with E-state index in [-0.39, 0.29) is 0 Å². The summed E-state index contributed by atoms with van der Waals surface area (Å²) in [6.45, 7) is 5.00. The Morgan fingerprint density at radius 3 is 2.55 bits per heavy atom. The highest BCUT2D eigenvalue weighted by Gasteiger charge is 2.00. The fourth-order valence-electron chi connectivity index (χ4n) is 1.93. The molecule has 20 heavy (non-hydrogen) atoms. The Hall–Kier alpha value is -2.47. The number of aryl methyl sites for hydroxylation is 2. The van der Waals surface area contributed by atoms with Crippen molar-refractivity contribution in [2.75, 3.05) is 13.2 Å². The van der Waals surface area contributed by atoms with Crippen LogP contribution in [0.1, 0.15) is 16.7 Å². The number of nitriles is 1. The molecule has 3 heteroatoms. The Balaban J connectivity index is 1.83. The van der Waals surface area contributed by atoms with E-state index in [9.17, 15) is 0 Å². The van der Waals surface area contributed by atoms with Crippen LogP contribution in [0.4, 0.5) is 0 Å². The van der Waals surface area contributed by atoms with E-state index in [0.717, 1.165) is 11.3 Å². The van der Waals surface area contributed by atoms with E-state index in [4.69, 9.17) is 14.7 Å². The molecule has 0 spiro atoms. The summed E-state index contributed by atoms with van der Waals surface area (Å²) in [7, 11) is 0. The molecular formula is C17H17NO2. The van der Waals surface area contributed by atoms with E-state index >= 15 is 0 Å². The van der Waals surface area contributed by atoms with Crippen LogP contribution in [-0.2, 0) is 0 Å². The zero-order valence-electron chi connectivity index (χ0n) is 11.7. The molecule has 0 N–H and O–H groups in total. The minimum atomic E-state index is 0.447. The normalized spacial score (nSPS) is 9.85. The molecule has 102 valence electrons. The van der Waals surface area contributed by atoms with E-state index in [1.165, 1.54) is 5.56 Å². The van der Waals surface area contributed by atoms with Gasteiger partial charge in [-0.1, -0.05) is 23.8 Å². The maximum Gasteiger partial charge on any atom is 0.122 e. The second-order valence-corrected chi connectivity index (χ2v) is 4.61. The summed E-state index contributed by atoms with van der Waals surface area (Å²) in [6.07, 6.45) is 0. The molecule has 0 aliphatic rings. The van der Waals surface area contributed by atoms with Crippen LogP contribution in [0.5, 0.6) is 11.5 Å². The van der Waals surface area contributed by atoms with Crippen molar-refractivity contribution < 1.29 is 9.47 Å². The Kier molecular flexibility index (Phi) is 4.62. The van der Waals surface area contributed by atoms with Crippen molar-refractivity contribution in [3.8, 4) is 17.6 Å². The molecule has 2 rings (SSSR count). The van der Waals surface area contributed by atoms with Crippen LogP contribution in [-0.4, -0.2) is 13.2 Å². The molecular weight excluding hydrogens is 250 g/mol. The molecule has 0 heterocycles. The van der Waals surface area contributed by atoms with Crippen LogP contribution >= 0.6 is 0 Å². The van der Waals surface area contributed by atoms with Crippen molar-refractivity contribution in [1.82, 2.24) is 0 Å². The summed E-state index contributed by atoms with van der Waals surface area (Å²) in [6, 6.07) is 15.3. The molecule has 0 fully saturated rings. The molecule has 0 saturated heterocycles. The molecule has 0 aliphatic carbocycles. The molecule has 0 saturated carbocycles. The van der Waals surface area contributed by atoms with E-state index < -0.39 is 0 Å². The topological polar surface area (TPSA) is 42.2 Å². The Morgan fingerprint density at radius 1 is 1.00 bits per heavy atom. The highest BCUT2D eigenvalue weighted by Crippen LogP contribution is 2.18. The smallest absolute Gasteiger partial charge is 0.122 e. The first-order valence-corrected chi connectivity index (χ1v) is 6.52. The van der Waals surface area contributed by atoms with Gasteiger partial charge < -0.3 is 9.47 Å². The van der Waals surface area contributed by atoms with Gasteiger partial charge in [0.15, 0.2) is 0 Å². The first kappa shape index (κ1) is 14.0. The van der Waals surface area contributed by atoms with Gasteiger partial charge in [-0.2, -0.15) is 5.26 Å². The average Bonchev–Trinajstić information content (AvgIpc) is 2.45. The zero-order valence-corrected chi connectivity index (χ0v) is 11.7. The lowest BCUT2D eigenvalue weighted by Gasteiger charge is -2.11. The van der Waals surface area contributed by atoms with Gasteiger partial charge in [-0.15, -0.1) is 0 Å². The summed E-state index contributed by atoms with van der Waals surface area (Å²) in [5.41, 5.74) is 2.94. The van der Waals surface area contributed by atoms with E-state index in [0.29, 0.717) is 24.5 Å². The number of rotatable bonds is 5. The number of hydrogen-bond acceptors (Lipinski definition) is 3. The van der Waals surface area contributed by atoms with Crippen molar-refractivity contribution in [3.05, 3.63) is 59.2 Å². The number of hydrogen-bond donors (Lipinski definition) is 0. The van der Waals surface area contributed by atoms with Crippen LogP contribution < -0.4 is 9.47 Å². The second kappa shape index (κ2) is 6.63. The van der Waals surface area contributed by atoms with Crippen LogP contribution in [0.15, 0.2) is 42.5 Å². The molecule has 2 aromatic carbocycles. The third-order valence-electron chi connectivity index (χ3n) is 2.90. The largest absolute Gasteiger partial charge is 0.490 e. The third kappa shape index (κ3) is 3.76. The van der Waals surface area contributed by atoms with Gasteiger partial charge in [-0.05, 0) is 43.7 Å². The number of benzene rings is 2. The van der Waals surface area contributed by atoms with E-state index in [1.807, 2.05) is 25.1 Å². The van der Waals surface area contributed by atoms with Gasteiger partial charge in [0, 0.05) is 0 Å². The number of nitrogens with zero attached hydrogens (tertiary/aromatic N) is 1. The zero-order chi connectivity index (χ0) is 14.4. The quantitative estimate of drug-likeness (QED) is 0.777. The van der Waals surface area contributed by atoms with Crippen LogP contribution in [0, 0.1) is 25.2 Å². The van der Waals surface area contributed by atoms with Crippen LogP contribution in [0.3, 0.4) is 0 Å². The van der Waals surface area contributed by atoms with Crippen LogP contribution in [0.25, 0.3) is 0 Å². The Morgan fingerprint density at radius 2 is 1.80 bits per heavy atom. The lowest BCUT2D eigenvalue weighted by Crippen LogP contribution is -2.09. The molecule has 0 bridgehead atoms. The standard InChI is InChI=1S/C17H17NO2/c1-13-6-7-17(14(2)10-13)20-9-8-19-16-5-3-4-15(11-16)12-18/h3-7,10-11H,8-9H2,1-2H3. The van der Waals surface area contributed by atoms with Gasteiger partial charge in [0.25, 0.3) is 0 Å². The minimum absolute atomic E-state index is 0.447. The summed E-state index contributed by atoms with van der Waals surface area (Å²) >= 11 is 0. The average molecular weight is 267 g/mol. The fourth-order valence-corrected chi connectivity index (χ4v) is 1.93. The maximum absolute atomic E-state index is 8.80. The maximum atomic E-state index is 8.80. The minimum Gasteiger partial charge on any atom is -0.490 e. The second-order valence-electron chi connectivity index (χ2n) is 4.61. The number of ether oxygens (including phenoxy) is 2. The highest BCUT2D eigenvalue weighted by molar-refractivity contribution is 5.36. The lowest BCUT2D eigenvalue weighted by atomic mass is 10.1. The van der Waals surface area contributed by atoms with Crippen molar-refractivity contribution in [2.45, 2.75) is 13.8 Å². The predicted molar refractivity (Wildman–Crippen MR) is 78.1 cm³/mol. The monoisotopic (exact) mass is 267 g/mol. The molecule has 0 amide bonds. The summed E-state index contributed by atoms with van der Waals surface area (Å²) in [5, 5.41) is 8.80. The van der Waals surface area contributed by atoms with E-state index in [1.54, 1.807) is 18.2 Å². The highest BCUT2D eigenvalue weighted by atomic mass is 16.5. The van der Waals surface area contributed by atoms with Gasteiger partial charge in [0.1, 0.15) is 24.7 Å². The molecule has 0 aliphatic heterocycles. The van der Waals surface area contributed by atoms with Crippen LogP contribution in [0.2, 0.25) is 0 Å². The van der Waals surface area contributed by atoms with Gasteiger partial charge >= 0.3 is 0 Å². The fraction of sp³-hybridized carbons (Fsp3) is 0.235. The molecule has 0 atom stereocenters. The summed E-state index contributed by atoms with van der Waals surface area (Å²) < 4.78 is 11.2. The molecule has 3 nitrogen and oxygen atoms in total. The van der Waals surface area contributed by atoms with Crippen molar-refractivity contribution >= 4 is 0 Å². The van der Waals surface area contributed by atoms with Crippen molar-refractivity contribution in [1.29, 1.82) is 5.26 Å². The summed E-state index contributed by atoms with van der Waals surface area (Å²) in [5.74, 6) is 1.57. The first-order valence-electron chi connectivity index (χ1n) is 6.52. The predicted octanol–water partition coefficient (Wildman–Crippen LogP) is 3.63. The van der Waals surface area contributed by atoms with Crippen molar-refractivity contribution in [2.24, 2.45) is 0 Å².